The highest BCUT2D eigenvalue weighted by molar-refractivity contribution is 7.17. The van der Waals surface area contributed by atoms with Crippen LogP contribution in [0.2, 0.25) is 0 Å². The molecule has 2 heterocycles. The molecule has 4 rings (SSSR count). The lowest BCUT2D eigenvalue weighted by Crippen LogP contribution is -2.26. The molecular weight excluding hydrogens is 260 g/mol. The molecule has 0 bridgehead atoms. The molecular formula is C14H10N2O2S. The number of anilines is 2. The average molecular weight is 270 g/mol. The van der Waals surface area contributed by atoms with Crippen molar-refractivity contribution in [3.05, 3.63) is 44.9 Å². The van der Waals surface area contributed by atoms with Crippen LogP contribution in [0.4, 0.5) is 10.7 Å². The summed E-state index contributed by atoms with van der Waals surface area (Å²) in [6, 6.07) is 7.27. The number of hydrogen-bond acceptors (Lipinski definition) is 4. The Morgan fingerprint density at radius 2 is 1.95 bits per heavy atom. The Kier molecular flexibility index (Phi) is 2.08. The summed E-state index contributed by atoms with van der Waals surface area (Å²) in [7, 11) is 0. The molecule has 1 aliphatic heterocycles. The van der Waals surface area contributed by atoms with E-state index in [2.05, 4.69) is 10.6 Å². The molecule has 1 aromatic carbocycles. The normalized spacial score (nSPS) is 15.1. The quantitative estimate of drug-likeness (QED) is 0.657. The first-order valence-corrected chi connectivity index (χ1v) is 6.87. The Labute approximate surface area is 113 Å². The SMILES string of the molecule is O=C1CNc2c(sc3c2-c2c(ccccc2=O)C3)N1. The van der Waals surface area contributed by atoms with Gasteiger partial charge in [-0.05, 0) is 11.6 Å². The second-order valence-corrected chi connectivity index (χ2v) is 5.77. The van der Waals surface area contributed by atoms with Crippen LogP contribution in [0.1, 0.15) is 10.4 Å². The highest BCUT2D eigenvalue weighted by Crippen LogP contribution is 2.50. The van der Waals surface area contributed by atoms with Crippen LogP contribution in [0, 0.1) is 0 Å². The zero-order valence-corrected chi connectivity index (χ0v) is 10.8. The first kappa shape index (κ1) is 10.8. The molecule has 94 valence electrons. The third-order valence-electron chi connectivity index (χ3n) is 3.48. The number of thiophene rings is 1. The van der Waals surface area contributed by atoms with Gasteiger partial charge in [0.05, 0.1) is 12.2 Å². The van der Waals surface area contributed by atoms with Crippen LogP contribution in [0.25, 0.3) is 11.1 Å². The van der Waals surface area contributed by atoms with E-state index in [1.807, 2.05) is 12.1 Å². The van der Waals surface area contributed by atoms with Crippen molar-refractivity contribution in [2.45, 2.75) is 6.42 Å². The van der Waals surface area contributed by atoms with Crippen LogP contribution in [-0.4, -0.2) is 12.5 Å². The summed E-state index contributed by atoms with van der Waals surface area (Å²) in [6.07, 6.45) is 0.768. The van der Waals surface area contributed by atoms with Crippen LogP contribution in [0.3, 0.4) is 0 Å². The van der Waals surface area contributed by atoms with Crippen LogP contribution >= 0.6 is 11.3 Å². The lowest BCUT2D eigenvalue weighted by atomic mass is 10.1. The van der Waals surface area contributed by atoms with Gasteiger partial charge in [0.2, 0.25) is 5.91 Å². The van der Waals surface area contributed by atoms with Gasteiger partial charge < -0.3 is 10.6 Å². The molecule has 0 saturated carbocycles. The number of fused-ring (bicyclic) bond motifs is 5. The van der Waals surface area contributed by atoms with E-state index in [-0.39, 0.29) is 17.9 Å². The van der Waals surface area contributed by atoms with Crippen molar-refractivity contribution in [1.29, 1.82) is 0 Å². The molecule has 0 atom stereocenters. The Morgan fingerprint density at radius 3 is 2.84 bits per heavy atom. The minimum Gasteiger partial charge on any atom is -0.373 e. The monoisotopic (exact) mass is 270 g/mol. The van der Waals surface area contributed by atoms with Crippen molar-refractivity contribution >= 4 is 27.9 Å². The van der Waals surface area contributed by atoms with Crippen molar-refractivity contribution in [3.8, 4) is 11.1 Å². The van der Waals surface area contributed by atoms with Gasteiger partial charge >= 0.3 is 0 Å². The molecule has 0 radical (unpaired) electrons. The number of nitrogens with one attached hydrogen (secondary N) is 2. The van der Waals surface area contributed by atoms with Gasteiger partial charge in [-0.25, -0.2) is 0 Å². The number of amides is 1. The molecule has 19 heavy (non-hydrogen) atoms. The molecule has 0 fully saturated rings. The fourth-order valence-electron chi connectivity index (χ4n) is 2.71. The van der Waals surface area contributed by atoms with E-state index in [0.717, 1.165) is 38.7 Å². The maximum absolute atomic E-state index is 12.2. The van der Waals surface area contributed by atoms with E-state index >= 15 is 0 Å². The molecule has 1 aromatic heterocycles. The Morgan fingerprint density at radius 1 is 1.11 bits per heavy atom. The van der Waals surface area contributed by atoms with Crippen molar-refractivity contribution in [1.82, 2.24) is 0 Å². The Bertz CT molecular complexity index is 780. The molecule has 2 aromatic rings. The number of carbonyl (C=O) groups excluding carboxylic acids is 1. The summed E-state index contributed by atoms with van der Waals surface area (Å²) in [4.78, 5) is 24.7. The molecule has 2 N–H and O–H groups in total. The van der Waals surface area contributed by atoms with Gasteiger partial charge in [-0.15, -0.1) is 11.3 Å². The molecule has 0 spiro atoms. The minimum absolute atomic E-state index is 0.0337. The van der Waals surface area contributed by atoms with E-state index < -0.39 is 0 Å². The molecule has 0 saturated heterocycles. The van der Waals surface area contributed by atoms with Gasteiger partial charge in [-0.3, -0.25) is 9.59 Å². The molecule has 1 aliphatic carbocycles. The third kappa shape index (κ3) is 1.45. The molecule has 0 unspecified atom stereocenters. The summed E-state index contributed by atoms with van der Waals surface area (Å²) >= 11 is 1.56. The maximum atomic E-state index is 12.2. The standard InChI is InChI=1S/C14H10N2O2S/c17-8-4-2-1-3-7-5-9-12(11(7)8)13-14(19-9)16-10(18)6-15-13/h1-4,15H,5-6H2,(H,16,18). The van der Waals surface area contributed by atoms with Crippen molar-refractivity contribution in [3.63, 3.8) is 0 Å². The van der Waals surface area contributed by atoms with E-state index in [9.17, 15) is 9.59 Å². The zero-order chi connectivity index (χ0) is 13.0. The summed E-state index contributed by atoms with van der Waals surface area (Å²) in [6.45, 7) is 0.263. The highest BCUT2D eigenvalue weighted by Gasteiger charge is 2.30. The van der Waals surface area contributed by atoms with Crippen molar-refractivity contribution in [2.24, 2.45) is 0 Å². The predicted molar refractivity (Wildman–Crippen MR) is 76.0 cm³/mol. The largest absolute Gasteiger partial charge is 0.373 e. The topological polar surface area (TPSA) is 58.2 Å². The van der Waals surface area contributed by atoms with Gasteiger partial charge in [0.1, 0.15) is 5.00 Å². The molecule has 4 nitrogen and oxygen atoms in total. The van der Waals surface area contributed by atoms with E-state index in [4.69, 9.17) is 0 Å². The highest BCUT2D eigenvalue weighted by atomic mass is 32.1. The van der Waals surface area contributed by atoms with Crippen LogP contribution in [0.15, 0.2) is 29.1 Å². The van der Waals surface area contributed by atoms with Gasteiger partial charge in [0.25, 0.3) is 0 Å². The van der Waals surface area contributed by atoms with Crippen LogP contribution in [-0.2, 0) is 11.2 Å². The van der Waals surface area contributed by atoms with Crippen molar-refractivity contribution < 1.29 is 4.79 Å². The fraction of sp³-hybridized carbons (Fsp3) is 0.143. The third-order valence-corrected chi connectivity index (χ3v) is 4.59. The summed E-state index contributed by atoms with van der Waals surface area (Å²) < 4.78 is 0. The van der Waals surface area contributed by atoms with Gasteiger partial charge in [0, 0.05) is 22.4 Å². The van der Waals surface area contributed by atoms with Gasteiger partial charge in [-0.1, -0.05) is 18.2 Å². The Balaban J connectivity index is 2.02. The van der Waals surface area contributed by atoms with Crippen LogP contribution < -0.4 is 16.1 Å². The number of hydrogen-bond donors (Lipinski definition) is 2. The number of rotatable bonds is 0. The first-order chi connectivity index (χ1) is 9.24. The van der Waals surface area contributed by atoms with E-state index in [1.54, 1.807) is 23.5 Å². The Hall–Kier alpha value is -2.14. The smallest absolute Gasteiger partial charge is 0.244 e. The minimum atomic E-state index is -0.0337. The van der Waals surface area contributed by atoms with E-state index in [1.165, 1.54) is 0 Å². The zero-order valence-electron chi connectivity index (χ0n) is 9.95. The summed E-state index contributed by atoms with van der Waals surface area (Å²) in [5, 5.41) is 6.82. The average Bonchev–Trinajstić information content (AvgIpc) is 2.83. The van der Waals surface area contributed by atoms with Gasteiger partial charge in [0.15, 0.2) is 5.43 Å². The molecule has 2 aliphatic rings. The molecule has 5 heteroatoms. The maximum Gasteiger partial charge on any atom is 0.244 e. The second kappa shape index (κ2) is 3.68. The molecule has 1 amide bonds. The van der Waals surface area contributed by atoms with Crippen LogP contribution in [0.5, 0.6) is 0 Å². The first-order valence-electron chi connectivity index (χ1n) is 6.06. The van der Waals surface area contributed by atoms with Gasteiger partial charge in [-0.2, -0.15) is 0 Å². The van der Waals surface area contributed by atoms with E-state index in [0.29, 0.717) is 0 Å². The second-order valence-electron chi connectivity index (χ2n) is 4.67. The lowest BCUT2D eigenvalue weighted by Gasteiger charge is -2.15. The number of carbonyl (C=O) groups is 1. The lowest BCUT2D eigenvalue weighted by molar-refractivity contribution is -0.114. The fourth-order valence-corrected chi connectivity index (χ4v) is 3.93. The summed E-state index contributed by atoms with van der Waals surface area (Å²) in [5.41, 5.74) is 3.77. The van der Waals surface area contributed by atoms with Crippen molar-refractivity contribution in [2.75, 3.05) is 17.2 Å². The summed E-state index contributed by atoms with van der Waals surface area (Å²) in [5.74, 6) is -0.0337. The predicted octanol–water partition coefficient (Wildman–Crippen LogP) is 2.04.